The summed E-state index contributed by atoms with van der Waals surface area (Å²) < 4.78 is 5.46. The Morgan fingerprint density at radius 2 is 1.67 bits per heavy atom. The van der Waals surface area contributed by atoms with Gasteiger partial charge in [-0.25, -0.2) is 15.6 Å². The second-order valence-electron chi connectivity index (χ2n) is 7.00. The molecule has 0 aliphatic carbocycles. The number of nitrogens with one attached hydrogen (secondary N) is 1. The number of ether oxygens (including phenoxy) is 1. The molecule has 0 aromatic rings. The molecule has 2 saturated heterocycles. The minimum absolute atomic E-state index is 0.253. The highest BCUT2D eigenvalue weighted by Crippen LogP contribution is 2.48. The quantitative estimate of drug-likeness (QED) is 0.439. The number of aliphatic hydroxyl groups is 1. The number of hydrogen-bond acceptors (Lipinski definition) is 5. The molecule has 6 heteroatoms. The highest BCUT2D eigenvalue weighted by Gasteiger charge is 2.66. The first-order valence-corrected chi connectivity index (χ1v) is 6.21. The van der Waals surface area contributed by atoms with Gasteiger partial charge in [0.15, 0.2) is 11.3 Å². The zero-order chi connectivity index (χ0) is 14.0. The van der Waals surface area contributed by atoms with E-state index >= 15 is 0 Å². The van der Waals surface area contributed by atoms with Crippen molar-refractivity contribution in [2.45, 2.75) is 69.9 Å². The van der Waals surface area contributed by atoms with Gasteiger partial charge in [0, 0.05) is 23.9 Å². The molecule has 0 radical (unpaired) electrons. The summed E-state index contributed by atoms with van der Waals surface area (Å²) in [5.41, 5.74) is -2.98. The predicted molar refractivity (Wildman–Crippen MR) is 66.4 cm³/mol. The van der Waals surface area contributed by atoms with Gasteiger partial charge in [-0.2, -0.15) is 0 Å². The van der Waals surface area contributed by atoms with Crippen molar-refractivity contribution in [3.8, 4) is 0 Å². The van der Waals surface area contributed by atoms with Crippen LogP contribution in [0.25, 0.3) is 0 Å². The Bertz CT molecular complexity index is 374. The van der Waals surface area contributed by atoms with Crippen LogP contribution in [0.4, 0.5) is 4.79 Å². The average molecular weight is 257 g/mol. The number of nitrogens with zero attached hydrogens (tertiary/aromatic N) is 1. The minimum atomic E-state index is -1.50. The number of carbonyl (C=O) groups excluding carboxylic acids is 1. The Balaban J connectivity index is 2.45. The van der Waals surface area contributed by atoms with Crippen molar-refractivity contribution in [2.24, 2.45) is 5.84 Å². The normalized spacial score (nSPS) is 36.8. The van der Waals surface area contributed by atoms with Gasteiger partial charge in [-0.1, -0.05) is 0 Å². The van der Waals surface area contributed by atoms with Crippen molar-refractivity contribution in [3.63, 3.8) is 0 Å². The van der Waals surface area contributed by atoms with Crippen molar-refractivity contribution < 1.29 is 14.6 Å². The van der Waals surface area contributed by atoms with Crippen molar-refractivity contribution >= 4 is 6.09 Å². The standard InChI is InChI=1S/C12H23N3O3/c1-9(2)6-12(7-10(3,4)14-9)11(5,17)15(13)8(16)18-12/h14,17H,6-7,13H2,1-5H3. The Hall–Kier alpha value is -0.850. The highest BCUT2D eigenvalue weighted by molar-refractivity contribution is 5.71. The van der Waals surface area contributed by atoms with Crippen molar-refractivity contribution in [1.29, 1.82) is 0 Å². The van der Waals surface area contributed by atoms with E-state index in [2.05, 4.69) is 5.32 Å². The number of nitrogens with two attached hydrogens (primary N) is 1. The summed E-state index contributed by atoms with van der Waals surface area (Å²) in [4.78, 5) is 11.7. The molecule has 1 unspecified atom stereocenters. The topological polar surface area (TPSA) is 87.8 Å². The van der Waals surface area contributed by atoms with Crippen LogP contribution >= 0.6 is 0 Å². The Morgan fingerprint density at radius 1 is 1.22 bits per heavy atom. The third kappa shape index (κ3) is 1.79. The summed E-state index contributed by atoms with van der Waals surface area (Å²) in [5.74, 6) is 5.63. The number of amides is 1. The molecule has 0 aromatic carbocycles. The van der Waals surface area contributed by atoms with Gasteiger partial charge in [0.25, 0.3) is 0 Å². The van der Waals surface area contributed by atoms with Crippen LogP contribution < -0.4 is 11.2 Å². The van der Waals surface area contributed by atoms with Crippen LogP contribution in [0.5, 0.6) is 0 Å². The average Bonchev–Trinajstić information content (AvgIpc) is 2.22. The molecule has 104 valence electrons. The molecular weight excluding hydrogens is 234 g/mol. The molecule has 0 saturated carbocycles. The lowest BCUT2D eigenvalue weighted by molar-refractivity contribution is -0.181. The van der Waals surface area contributed by atoms with Crippen LogP contribution in [-0.2, 0) is 4.74 Å². The van der Waals surface area contributed by atoms with E-state index in [1.165, 1.54) is 6.92 Å². The third-order valence-electron chi connectivity index (χ3n) is 3.94. The molecule has 1 atom stereocenters. The molecule has 18 heavy (non-hydrogen) atoms. The fraction of sp³-hybridized carbons (Fsp3) is 0.917. The summed E-state index contributed by atoms with van der Waals surface area (Å²) in [6, 6.07) is 0. The summed E-state index contributed by atoms with van der Waals surface area (Å²) in [6.07, 6.45) is 0.347. The van der Waals surface area contributed by atoms with Crippen molar-refractivity contribution in [1.82, 2.24) is 10.3 Å². The molecule has 1 amide bonds. The maximum Gasteiger partial charge on any atom is 0.427 e. The van der Waals surface area contributed by atoms with Crippen LogP contribution in [0, 0.1) is 0 Å². The van der Waals surface area contributed by atoms with Crippen molar-refractivity contribution in [3.05, 3.63) is 0 Å². The molecule has 1 spiro atoms. The molecule has 2 aliphatic heterocycles. The maximum absolute atomic E-state index is 11.7. The molecule has 4 N–H and O–H groups in total. The van der Waals surface area contributed by atoms with Gasteiger partial charge < -0.3 is 15.2 Å². The van der Waals surface area contributed by atoms with E-state index < -0.39 is 17.4 Å². The Labute approximate surface area is 107 Å². The van der Waals surface area contributed by atoms with Crippen LogP contribution in [0.3, 0.4) is 0 Å². The van der Waals surface area contributed by atoms with Crippen LogP contribution in [0.2, 0.25) is 0 Å². The summed E-state index contributed by atoms with van der Waals surface area (Å²) in [7, 11) is 0. The first-order chi connectivity index (χ1) is 7.91. The fourth-order valence-corrected chi connectivity index (χ4v) is 3.61. The van der Waals surface area contributed by atoms with Gasteiger partial charge in [-0.3, -0.25) is 0 Å². The first-order valence-electron chi connectivity index (χ1n) is 6.21. The van der Waals surface area contributed by atoms with E-state index in [1.54, 1.807) is 0 Å². The highest BCUT2D eigenvalue weighted by atomic mass is 16.6. The van der Waals surface area contributed by atoms with E-state index in [0.29, 0.717) is 12.8 Å². The predicted octanol–water partition coefficient (Wildman–Crippen LogP) is 0.700. The number of hydrazine groups is 1. The third-order valence-corrected chi connectivity index (χ3v) is 3.94. The number of carbonyl (C=O) groups is 1. The molecule has 2 fully saturated rings. The minimum Gasteiger partial charge on any atom is -0.436 e. The monoisotopic (exact) mass is 257 g/mol. The van der Waals surface area contributed by atoms with E-state index in [1.807, 2.05) is 27.7 Å². The molecule has 2 aliphatic rings. The molecule has 2 heterocycles. The van der Waals surface area contributed by atoms with Gasteiger partial charge >= 0.3 is 6.09 Å². The van der Waals surface area contributed by atoms with Gasteiger partial charge in [0.2, 0.25) is 0 Å². The van der Waals surface area contributed by atoms with Crippen LogP contribution in [-0.4, -0.2) is 38.6 Å². The lowest BCUT2D eigenvalue weighted by Gasteiger charge is -2.53. The smallest absolute Gasteiger partial charge is 0.427 e. The van der Waals surface area contributed by atoms with E-state index in [-0.39, 0.29) is 11.1 Å². The Kier molecular flexibility index (Phi) is 2.54. The largest absolute Gasteiger partial charge is 0.436 e. The second kappa shape index (κ2) is 3.37. The molecule has 0 aromatic heterocycles. The SMILES string of the molecule is CC1(C)CC2(CC(C)(C)N1)OC(=O)N(N)C2(C)O. The Morgan fingerprint density at radius 3 is 2.00 bits per heavy atom. The second-order valence-corrected chi connectivity index (χ2v) is 7.00. The van der Waals surface area contributed by atoms with Gasteiger partial charge in [-0.15, -0.1) is 0 Å². The number of piperidine rings is 1. The molecule has 6 nitrogen and oxygen atoms in total. The van der Waals surface area contributed by atoms with Crippen LogP contribution in [0.1, 0.15) is 47.5 Å². The van der Waals surface area contributed by atoms with Gasteiger partial charge in [-0.05, 0) is 34.6 Å². The zero-order valence-electron chi connectivity index (χ0n) is 11.7. The van der Waals surface area contributed by atoms with Gasteiger partial charge in [0.05, 0.1) is 0 Å². The van der Waals surface area contributed by atoms with Crippen LogP contribution in [0.15, 0.2) is 0 Å². The number of rotatable bonds is 0. The number of hydrogen-bond donors (Lipinski definition) is 3. The molecular formula is C12H23N3O3. The van der Waals surface area contributed by atoms with Crippen molar-refractivity contribution in [2.75, 3.05) is 0 Å². The van der Waals surface area contributed by atoms with E-state index in [9.17, 15) is 9.90 Å². The summed E-state index contributed by atoms with van der Waals surface area (Å²) >= 11 is 0. The van der Waals surface area contributed by atoms with E-state index in [0.717, 1.165) is 5.01 Å². The lowest BCUT2D eigenvalue weighted by Crippen LogP contribution is -2.70. The fourth-order valence-electron chi connectivity index (χ4n) is 3.61. The summed E-state index contributed by atoms with van der Waals surface area (Å²) in [6.45, 7) is 9.64. The molecule has 0 bridgehead atoms. The summed E-state index contributed by atoms with van der Waals surface area (Å²) in [5, 5.41) is 14.9. The first kappa shape index (κ1) is 13.6. The van der Waals surface area contributed by atoms with E-state index in [4.69, 9.17) is 10.6 Å². The van der Waals surface area contributed by atoms with Gasteiger partial charge in [0.1, 0.15) is 0 Å². The maximum atomic E-state index is 11.7. The lowest BCUT2D eigenvalue weighted by atomic mass is 9.69. The zero-order valence-corrected chi connectivity index (χ0v) is 11.7. The molecule has 2 rings (SSSR count).